The van der Waals surface area contributed by atoms with Crippen molar-refractivity contribution in [2.45, 2.75) is 26.0 Å². The van der Waals surface area contributed by atoms with Gasteiger partial charge in [-0.05, 0) is 36.6 Å². The van der Waals surface area contributed by atoms with E-state index in [0.717, 1.165) is 28.0 Å². The molecule has 0 fully saturated rings. The van der Waals surface area contributed by atoms with Crippen molar-refractivity contribution in [1.82, 2.24) is 0 Å². The molecule has 0 heterocycles. The van der Waals surface area contributed by atoms with Crippen LogP contribution in [0.25, 0.3) is 0 Å². The highest BCUT2D eigenvalue weighted by Gasteiger charge is 2.25. The fraction of sp³-hybridized carbons (Fsp3) is 0.333. The molecule has 0 saturated heterocycles. The fourth-order valence-electron chi connectivity index (χ4n) is 2.82. The van der Waals surface area contributed by atoms with Gasteiger partial charge in [0.2, 0.25) is 0 Å². The Labute approximate surface area is 126 Å². The molecule has 2 rings (SSSR count). The Balaban J connectivity index is 2.45. The minimum absolute atomic E-state index is 0.207. The van der Waals surface area contributed by atoms with E-state index in [4.69, 9.17) is 15.2 Å². The van der Waals surface area contributed by atoms with Gasteiger partial charge in [-0.3, -0.25) is 0 Å². The van der Waals surface area contributed by atoms with Gasteiger partial charge < -0.3 is 15.2 Å². The molecule has 0 aliphatic carbocycles. The molecular formula is C18H23NO2. The summed E-state index contributed by atoms with van der Waals surface area (Å²) in [6.45, 7) is 4.11. The van der Waals surface area contributed by atoms with Gasteiger partial charge in [0.25, 0.3) is 0 Å². The van der Waals surface area contributed by atoms with Crippen molar-refractivity contribution in [3.63, 3.8) is 0 Å². The zero-order chi connectivity index (χ0) is 15.4. The smallest absolute Gasteiger partial charge is 0.124 e. The molecule has 0 bridgehead atoms. The first-order valence-electron chi connectivity index (χ1n) is 7.07. The van der Waals surface area contributed by atoms with Gasteiger partial charge in [0.1, 0.15) is 11.9 Å². The van der Waals surface area contributed by atoms with Crippen LogP contribution in [0.15, 0.2) is 42.5 Å². The monoisotopic (exact) mass is 285 g/mol. The summed E-state index contributed by atoms with van der Waals surface area (Å²) in [5.41, 5.74) is 10.9. The molecule has 2 aromatic carbocycles. The van der Waals surface area contributed by atoms with Crippen LogP contribution < -0.4 is 10.5 Å². The van der Waals surface area contributed by atoms with Crippen LogP contribution in [0.1, 0.15) is 34.4 Å². The molecule has 0 saturated carbocycles. The Morgan fingerprint density at radius 3 is 2.24 bits per heavy atom. The molecule has 2 atom stereocenters. The van der Waals surface area contributed by atoms with E-state index in [0.29, 0.717) is 0 Å². The third-order valence-corrected chi connectivity index (χ3v) is 3.75. The zero-order valence-corrected chi connectivity index (χ0v) is 13.1. The summed E-state index contributed by atoms with van der Waals surface area (Å²) in [4.78, 5) is 0. The molecule has 3 nitrogen and oxygen atoms in total. The second kappa shape index (κ2) is 6.74. The van der Waals surface area contributed by atoms with Gasteiger partial charge in [-0.1, -0.05) is 36.4 Å². The van der Waals surface area contributed by atoms with Gasteiger partial charge in [0.15, 0.2) is 0 Å². The highest BCUT2D eigenvalue weighted by Crippen LogP contribution is 2.37. The SMILES string of the molecule is COc1cc(C)cc(C)c1C(N)C(OC)c1ccccc1. The Hall–Kier alpha value is -1.84. The first kappa shape index (κ1) is 15.5. The molecule has 3 heteroatoms. The molecule has 0 amide bonds. The predicted molar refractivity (Wildman–Crippen MR) is 85.6 cm³/mol. The minimum atomic E-state index is -0.284. The van der Waals surface area contributed by atoms with Crippen molar-refractivity contribution in [2.75, 3.05) is 14.2 Å². The largest absolute Gasteiger partial charge is 0.496 e. The zero-order valence-electron chi connectivity index (χ0n) is 13.1. The van der Waals surface area contributed by atoms with Crippen LogP contribution in [0, 0.1) is 13.8 Å². The molecule has 2 aromatic rings. The van der Waals surface area contributed by atoms with E-state index < -0.39 is 0 Å². The summed E-state index contributed by atoms with van der Waals surface area (Å²) in [5.74, 6) is 0.818. The van der Waals surface area contributed by atoms with E-state index in [9.17, 15) is 0 Å². The normalized spacial score (nSPS) is 13.8. The van der Waals surface area contributed by atoms with Crippen molar-refractivity contribution >= 4 is 0 Å². The number of ether oxygens (including phenoxy) is 2. The molecule has 0 aliphatic rings. The molecule has 0 radical (unpaired) electrons. The molecule has 112 valence electrons. The first-order chi connectivity index (χ1) is 10.1. The first-order valence-corrected chi connectivity index (χ1v) is 7.07. The maximum Gasteiger partial charge on any atom is 0.124 e. The minimum Gasteiger partial charge on any atom is -0.496 e. The number of hydrogen-bond donors (Lipinski definition) is 1. The third-order valence-electron chi connectivity index (χ3n) is 3.75. The van der Waals surface area contributed by atoms with Crippen LogP contribution in [-0.2, 0) is 4.74 Å². The van der Waals surface area contributed by atoms with Gasteiger partial charge in [-0.25, -0.2) is 0 Å². The van der Waals surface area contributed by atoms with Gasteiger partial charge in [0.05, 0.1) is 13.2 Å². The van der Waals surface area contributed by atoms with Crippen LogP contribution in [0.2, 0.25) is 0 Å². The summed E-state index contributed by atoms with van der Waals surface area (Å²) in [7, 11) is 3.36. The standard InChI is InChI=1S/C18H23NO2/c1-12-10-13(2)16(15(11-12)20-3)17(19)18(21-4)14-8-6-5-7-9-14/h5-11,17-18H,19H2,1-4H3. The van der Waals surface area contributed by atoms with E-state index >= 15 is 0 Å². The van der Waals surface area contributed by atoms with Crippen molar-refractivity contribution in [3.8, 4) is 5.75 Å². The average molecular weight is 285 g/mol. The van der Waals surface area contributed by atoms with Crippen LogP contribution in [0.4, 0.5) is 0 Å². The highest BCUT2D eigenvalue weighted by atomic mass is 16.5. The van der Waals surface area contributed by atoms with Gasteiger partial charge >= 0.3 is 0 Å². The molecule has 2 unspecified atom stereocenters. The fourth-order valence-corrected chi connectivity index (χ4v) is 2.82. The molecule has 0 spiro atoms. The summed E-state index contributed by atoms with van der Waals surface area (Å²) in [5, 5.41) is 0. The maximum absolute atomic E-state index is 6.50. The van der Waals surface area contributed by atoms with Gasteiger partial charge in [-0.2, -0.15) is 0 Å². The molecular weight excluding hydrogens is 262 g/mol. The van der Waals surface area contributed by atoms with Crippen LogP contribution in [0.5, 0.6) is 5.75 Å². The van der Waals surface area contributed by atoms with Crippen LogP contribution >= 0.6 is 0 Å². The van der Waals surface area contributed by atoms with Crippen LogP contribution in [0.3, 0.4) is 0 Å². The second-order valence-electron chi connectivity index (χ2n) is 5.29. The Kier molecular flexibility index (Phi) is 4.99. The van der Waals surface area contributed by atoms with E-state index in [1.54, 1.807) is 14.2 Å². The van der Waals surface area contributed by atoms with Crippen LogP contribution in [-0.4, -0.2) is 14.2 Å². The summed E-state index contributed by atoms with van der Waals surface area (Å²) >= 11 is 0. The number of nitrogens with two attached hydrogens (primary N) is 1. The molecule has 21 heavy (non-hydrogen) atoms. The van der Waals surface area contributed by atoms with E-state index in [-0.39, 0.29) is 12.1 Å². The highest BCUT2D eigenvalue weighted by molar-refractivity contribution is 5.46. The number of aryl methyl sites for hydroxylation is 2. The Morgan fingerprint density at radius 1 is 1.00 bits per heavy atom. The third kappa shape index (κ3) is 3.26. The van der Waals surface area contributed by atoms with E-state index in [1.807, 2.05) is 36.4 Å². The topological polar surface area (TPSA) is 44.5 Å². The average Bonchev–Trinajstić information content (AvgIpc) is 2.48. The van der Waals surface area contributed by atoms with Crippen molar-refractivity contribution < 1.29 is 9.47 Å². The lowest BCUT2D eigenvalue weighted by Crippen LogP contribution is -2.23. The Morgan fingerprint density at radius 2 is 1.67 bits per heavy atom. The number of rotatable bonds is 5. The molecule has 2 N–H and O–H groups in total. The number of methoxy groups -OCH3 is 2. The van der Waals surface area contributed by atoms with E-state index in [2.05, 4.69) is 19.9 Å². The lowest BCUT2D eigenvalue weighted by molar-refractivity contribution is 0.0792. The lowest BCUT2D eigenvalue weighted by Gasteiger charge is -2.26. The predicted octanol–water partition coefficient (Wildman–Crippen LogP) is 3.70. The maximum atomic E-state index is 6.50. The quantitative estimate of drug-likeness (QED) is 0.911. The summed E-state index contributed by atoms with van der Waals surface area (Å²) in [6.07, 6.45) is -0.207. The summed E-state index contributed by atoms with van der Waals surface area (Å²) in [6, 6.07) is 13.9. The number of benzene rings is 2. The number of hydrogen-bond acceptors (Lipinski definition) is 3. The van der Waals surface area contributed by atoms with Gasteiger partial charge in [0, 0.05) is 12.7 Å². The summed E-state index contributed by atoms with van der Waals surface area (Å²) < 4.78 is 11.2. The van der Waals surface area contributed by atoms with Crippen molar-refractivity contribution in [1.29, 1.82) is 0 Å². The van der Waals surface area contributed by atoms with Gasteiger partial charge in [-0.15, -0.1) is 0 Å². The molecule has 0 aliphatic heterocycles. The molecule has 0 aromatic heterocycles. The van der Waals surface area contributed by atoms with Crippen molar-refractivity contribution in [2.24, 2.45) is 5.73 Å². The van der Waals surface area contributed by atoms with Crippen molar-refractivity contribution in [3.05, 3.63) is 64.7 Å². The lowest BCUT2D eigenvalue weighted by atomic mass is 9.91. The van der Waals surface area contributed by atoms with E-state index in [1.165, 1.54) is 0 Å². The Bertz CT molecular complexity index is 596. The second-order valence-corrected chi connectivity index (χ2v) is 5.29.